The molecule has 2 amide bonds. The van der Waals surface area contributed by atoms with Crippen molar-refractivity contribution in [3.8, 4) is 0 Å². The Kier molecular flexibility index (Phi) is 5.21. The monoisotopic (exact) mass is 376 g/mol. The van der Waals surface area contributed by atoms with Crippen molar-refractivity contribution in [2.75, 3.05) is 0 Å². The first kappa shape index (κ1) is 18.9. The minimum Gasteiger partial charge on any atom is -0.348 e. The lowest BCUT2D eigenvalue weighted by Gasteiger charge is -2.32. The van der Waals surface area contributed by atoms with Crippen molar-refractivity contribution < 1.29 is 22.8 Å². The minimum absolute atomic E-state index is 0.00878. The molecule has 0 saturated carbocycles. The molecule has 2 aromatic rings. The van der Waals surface area contributed by atoms with Crippen LogP contribution in [0.3, 0.4) is 0 Å². The van der Waals surface area contributed by atoms with Crippen LogP contribution in [0.2, 0.25) is 0 Å². The highest BCUT2D eigenvalue weighted by Gasteiger charge is 2.25. The number of hydrogen-bond donors (Lipinski definition) is 1. The van der Waals surface area contributed by atoms with E-state index >= 15 is 0 Å². The molecule has 1 heterocycles. The zero-order valence-electron chi connectivity index (χ0n) is 15.0. The van der Waals surface area contributed by atoms with Crippen LogP contribution >= 0.6 is 0 Å². The molecular weight excluding hydrogens is 357 g/mol. The van der Waals surface area contributed by atoms with Gasteiger partial charge in [0.05, 0.1) is 6.42 Å². The average molecular weight is 376 g/mol. The molecule has 0 atom stereocenters. The molecule has 27 heavy (non-hydrogen) atoms. The predicted octanol–water partition coefficient (Wildman–Crippen LogP) is 3.33. The van der Waals surface area contributed by atoms with E-state index in [1.165, 1.54) is 0 Å². The summed E-state index contributed by atoms with van der Waals surface area (Å²) < 4.78 is 40.3. The van der Waals surface area contributed by atoms with Gasteiger partial charge in [0.15, 0.2) is 0 Å². The maximum Gasteiger partial charge on any atom is 0.251 e. The van der Waals surface area contributed by atoms with E-state index in [1.807, 2.05) is 13.8 Å². The molecule has 1 N–H and O–H groups in total. The topological polar surface area (TPSA) is 49.4 Å². The van der Waals surface area contributed by atoms with Crippen LogP contribution < -0.4 is 5.32 Å². The maximum absolute atomic E-state index is 13.7. The van der Waals surface area contributed by atoms with Gasteiger partial charge in [-0.05, 0) is 37.1 Å². The summed E-state index contributed by atoms with van der Waals surface area (Å²) in [4.78, 5) is 26.3. The quantitative estimate of drug-likeness (QED) is 0.890. The number of hydrogen-bond acceptors (Lipinski definition) is 2. The van der Waals surface area contributed by atoms with E-state index in [1.54, 1.807) is 23.1 Å². The molecular formula is C20H19F3N2O2. The summed E-state index contributed by atoms with van der Waals surface area (Å²) in [5, 5.41) is 2.42. The predicted molar refractivity (Wildman–Crippen MR) is 93.3 cm³/mol. The van der Waals surface area contributed by atoms with E-state index in [0.29, 0.717) is 24.2 Å². The lowest BCUT2D eigenvalue weighted by Crippen LogP contribution is -2.40. The van der Waals surface area contributed by atoms with Crippen molar-refractivity contribution in [2.24, 2.45) is 0 Å². The SMILES string of the molecule is CC(C)N1Cc2ccc(C(=O)NCc3c(F)cc(F)cc3F)cc2CC1=O. The second-order valence-corrected chi connectivity index (χ2v) is 6.81. The number of fused-ring (bicyclic) bond motifs is 1. The number of amides is 2. The van der Waals surface area contributed by atoms with Gasteiger partial charge in [-0.15, -0.1) is 0 Å². The third kappa shape index (κ3) is 3.97. The van der Waals surface area contributed by atoms with Gasteiger partial charge >= 0.3 is 0 Å². The molecule has 1 aliphatic rings. The summed E-state index contributed by atoms with van der Waals surface area (Å²) in [6.07, 6.45) is 0.204. The number of carbonyl (C=O) groups excluding carboxylic acids is 2. The third-order valence-electron chi connectivity index (χ3n) is 4.63. The van der Waals surface area contributed by atoms with Gasteiger partial charge < -0.3 is 10.2 Å². The fourth-order valence-electron chi connectivity index (χ4n) is 3.10. The van der Waals surface area contributed by atoms with Gasteiger partial charge in [-0.25, -0.2) is 13.2 Å². The average Bonchev–Trinajstić information content (AvgIpc) is 2.59. The Labute approximate surface area is 155 Å². The zero-order valence-corrected chi connectivity index (χ0v) is 15.0. The fraction of sp³-hybridized carbons (Fsp3) is 0.300. The van der Waals surface area contributed by atoms with E-state index in [9.17, 15) is 22.8 Å². The van der Waals surface area contributed by atoms with Crippen molar-refractivity contribution in [3.05, 3.63) is 70.0 Å². The number of rotatable bonds is 4. The first-order chi connectivity index (χ1) is 12.8. The molecule has 0 aliphatic carbocycles. The Morgan fingerprint density at radius 1 is 1.11 bits per heavy atom. The summed E-state index contributed by atoms with van der Waals surface area (Å²) in [5.74, 6) is -3.67. The lowest BCUT2D eigenvalue weighted by molar-refractivity contribution is -0.133. The Hall–Kier alpha value is -2.83. The van der Waals surface area contributed by atoms with E-state index in [-0.39, 0.29) is 18.4 Å². The van der Waals surface area contributed by atoms with E-state index in [0.717, 1.165) is 11.1 Å². The van der Waals surface area contributed by atoms with Gasteiger partial charge in [-0.1, -0.05) is 6.07 Å². The second-order valence-electron chi connectivity index (χ2n) is 6.81. The highest BCUT2D eigenvalue weighted by Crippen LogP contribution is 2.23. The Bertz CT molecular complexity index is 889. The molecule has 2 aromatic carbocycles. The largest absolute Gasteiger partial charge is 0.348 e. The van der Waals surface area contributed by atoms with Crippen LogP contribution in [-0.4, -0.2) is 22.8 Å². The molecule has 0 saturated heterocycles. The highest BCUT2D eigenvalue weighted by molar-refractivity contribution is 5.95. The Morgan fingerprint density at radius 2 is 1.78 bits per heavy atom. The van der Waals surface area contributed by atoms with E-state index in [2.05, 4.69) is 5.32 Å². The molecule has 0 spiro atoms. The molecule has 0 radical (unpaired) electrons. The van der Waals surface area contributed by atoms with E-state index < -0.39 is 35.5 Å². The lowest BCUT2D eigenvalue weighted by atomic mass is 9.95. The van der Waals surface area contributed by atoms with Crippen LogP contribution in [0.1, 0.15) is 40.9 Å². The Balaban J connectivity index is 1.74. The number of nitrogens with zero attached hydrogens (tertiary/aromatic N) is 1. The first-order valence-corrected chi connectivity index (χ1v) is 8.59. The van der Waals surface area contributed by atoms with Crippen molar-refractivity contribution in [2.45, 2.75) is 39.4 Å². The molecule has 0 aromatic heterocycles. The summed E-state index contributed by atoms with van der Waals surface area (Å²) in [5.41, 5.74) is 1.62. The fourth-order valence-corrected chi connectivity index (χ4v) is 3.10. The Morgan fingerprint density at radius 3 is 2.41 bits per heavy atom. The van der Waals surface area contributed by atoms with Gasteiger partial charge in [0.1, 0.15) is 17.5 Å². The molecule has 1 aliphatic heterocycles. The van der Waals surface area contributed by atoms with Gasteiger partial charge in [0.25, 0.3) is 5.91 Å². The van der Waals surface area contributed by atoms with Crippen LogP contribution in [0.4, 0.5) is 13.2 Å². The van der Waals surface area contributed by atoms with Crippen molar-refractivity contribution in [1.29, 1.82) is 0 Å². The van der Waals surface area contributed by atoms with Gasteiger partial charge in [0.2, 0.25) is 5.91 Å². The van der Waals surface area contributed by atoms with Crippen LogP contribution in [0.25, 0.3) is 0 Å². The second kappa shape index (κ2) is 7.42. The standard InChI is InChI=1S/C20H19F3N2O2/c1-11(2)25-10-13-4-3-12(5-14(13)6-19(25)26)20(27)24-9-16-17(22)7-15(21)8-18(16)23/h3-5,7-8,11H,6,9-10H2,1-2H3,(H,24,27). The number of carbonyl (C=O) groups is 2. The summed E-state index contributed by atoms with van der Waals surface area (Å²) >= 11 is 0. The zero-order chi connectivity index (χ0) is 19.7. The molecule has 0 fully saturated rings. The van der Waals surface area contributed by atoms with Crippen LogP contribution in [0.15, 0.2) is 30.3 Å². The number of halogens is 3. The normalized spacial score (nSPS) is 13.7. The molecule has 0 bridgehead atoms. The van der Waals surface area contributed by atoms with Crippen LogP contribution in [0, 0.1) is 17.5 Å². The summed E-state index contributed by atoms with van der Waals surface area (Å²) in [7, 11) is 0. The molecule has 0 unspecified atom stereocenters. The van der Waals surface area contributed by atoms with Gasteiger partial charge in [0, 0.05) is 42.4 Å². The van der Waals surface area contributed by atoms with Crippen LogP contribution in [-0.2, 0) is 24.3 Å². The van der Waals surface area contributed by atoms with Gasteiger partial charge in [-0.2, -0.15) is 0 Å². The molecule has 142 valence electrons. The number of nitrogens with one attached hydrogen (secondary N) is 1. The first-order valence-electron chi connectivity index (χ1n) is 8.59. The molecule has 4 nitrogen and oxygen atoms in total. The number of benzene rings is 2. The smallest absolute Gasteiger partial charge is 0.251 e. The molecule has 3 rings (SSSR count). The maximum atomic E-state index is 13.7. The minimum atomic E-state index is -1.06. The van der Waals surface area contributed by atoms with E-state index in [4.69, 9.17) is 0 Å². The van der Waals surface area contributed by atoms with Gasteiger partial charge in [-0.3, -0.25) is 9.59 Å². The molecule has 7 heteroatoms. The van der Waals surface area contributed by atoms with Crippen LogP contribution in [0.5, 0.6) is 0 Å². The highest BCUT2D eigenvalue weighted by atomic mass is 19.1. The third-order valence-corrected chi connectivity index (χ3v) is 4.63. The van der Waals surface area contributed by atoms with Crippen molar-refractivity contribution in [1.82, 2.24) is 10.2 Å². The summed E-state index contributed by atoms with van der Waals surface area (Å²) in [6, 6.07) is 6.24. The van der Waals surface area contributed by atoms with Crippen molar-refractivity contribution in [3.63, 3.8) is 0 Å². The summed E-state index contributed by atoms with van der Waals surface area (Å²) in [6.45, 7) is 3.96. The van der Waals surface area contributed by atoms with Crippen molar-refractivity contribution >= 4 is 11.8 Å².